The Hall–Kier alpha value is -2.33. The Bertz CT molecular complexity index is 865. The van der Waals surface area contributed by atoms with Crippen molar-refractivity contribution in [3.63, 3.8) is 0 Å². The molecule has 0 aliphatic carbocycles. The van der Waals surface area contributed by atoms with Gasteiger partial charge in [-0.25, -0.2) is 0 Å². The van der Waals surface area contributed by atoms with Gasteiger partial charge in [-0.1, -0.05) is 120 Å². The fourth-order valence-electron chi connectivity index (χ4n) is 4.72. The van der Waals surface area contributed by atoms with Crippen molar-refractivity contribution in [3.05, 3.63) is 65.7 Å². The molecule has 0 radical (unpaired) electrons. The maximum absolute atomic E-state index is 12.6. The fraction of sp³-hybridized carbons (Fsp3) is 0.606. The van der Waals surface area contributed by atoms with E-state index in [0.29, 0.717) is 12.8 Å². The maximum atomic E-state index is 12.6. The zero-order chi connectivity index (χ0) is 26.8. The largest absolute Gasteiger partial charge is 0.455 e. The second-order valence-electron chi connectivity index (χ2n) is 11.0. The second kappa shape index (κ2) is 18.0. The monoisotopic (exact) mass is 510 g/mol. The summed E-state index contributed by atoms with van der Waals surface area (Å²) in [5.41, 5.74) is 2.48. The summed E-state index contributed by atoms with van der Waals surface area (Å²) >= 11 is 0. The van der Waals surface area contributed by atoms with Crippen molar-refractivity contribution < 1.29 is 18.8 Å². The van der Waals surface area contributed by atoms with E-state index < -0.39 is 6.29 Å². The van der Waals surface area contributed by atoms with E-state index in [9.17, 15) is 4.79 Å². The lowest BCUT2D eigenvalue weighted by molar-refractivity contribution is -0.903. The topological polar surface area (TPSA) is 35.5 Å². The van der Waals surface area contributed by atoms with Crippen LogP contribution in [0.25, 0.3) is 0 Å². The summed E-state index contributed by atoms with van der Waals surface area (Å²) in [5, 5.41) is 0. The van der Waals surface area contributed by atoms with Crippen molar-refractivity contribution in [1.82, 2.24) is 0 Å². The quantitative estimate of drug-likeness (QED) is 0.0775. The van der Waals surface area contributed by atoms with Crippen LogP contribution in [-0.2, 0) is 22.5 Å². The Labute approximate surface area is 227 Å². The average Bonchev–Trinajstić information content (AvgIpc) is 2.89. The number of quaternary nitrogens is 1. The molecule has 2 aromatic carbocycles. The minimum atomic E-state index is -0.550. The molecule has 4 nitrogen and oxygen atoms in total. The van der Waals surface area contributed by atoms with Crippen LogP contribution in [0.1, 0.15) is 102 Å². The summed E-state index contributed by atoms with van der Waals surface area (Å²) in [6, 6.07) is 18.6. The molecule has 0 N–H and O–H groups in total. The number of carbonyl (C=O) groups is 1. The molecule has 0 aliphatic heterocycles. The normalized spacial score (nSPS) is 12.3. The second-order valence-corrected chi connectivity index (χ2v) is 11.0. The molecule has 1 atom stereocenters. The lowest BCUT2D eigenvalue weighted by Gasteiger charge is -2.30. The number of hydrogen-bond donors (Lipinski definition) is 0. The van der Waals surface area contributed by atoms with Crippen LogP contribution in [0.3, 0.4) is 0 Å². The zero-order valence-electron chi connectivity index (χ0n) is 24.1. The van der Waals surface area contributed by atoms with Crippen molar-refractivity contribution in [2.75, 3.05) is 20.6 Å². The molecule has 0 saturated carbocycles. The molecule has 2 aromatic rings. The summed E-state index contributed by atoms with van der Waals surface area (Å²) in [5.74, 6) is 0.650. The zero-order valence-corrected chi connectivity index (χ0v) is 24.1. The minimum absolute atomic E-state index is 0.196. The van der Waals surface area contributed by atoms with E-state index in [1.54, 1.807) is 0 Å². The average molecular weight is 511 g/mol. The van der Waals surface area contributed by atoms with Crippen LogP contribution >= 0.6 is 0 Å². The van der Waals surface area contributed by atoms with Gasteiger partial charge in [0.2, 0.25) is 6.29 Å². The number of carbonyl (C=O) groups excluding carboxylic acids is 1. The number of nitrogens with zero attached hydrogens (tertiary/aromatic N) is 1. The van der Waals surface area contributed by atoms with Gasteiger partial charge in [0.25, 0.3) is 0 Å². The highest BCUT2D eigenvalue weighted by molar-refractivity contribution is 5.69. The summed E-state index contributed by atoms with van der Waals surface area (Å²) in [6.07, 6.45) is 14.8. The van der Waals surface area contributed by atoms with Crippen LogP contribution in [0.15, 0.2) is 54.6 Å². The number of aryl methyl sites for hydroxylation is 1. The van der Waals surface area contributed by atoms with Crippen molar-refractivity contribution in [2.45, 2.75) is 110 Å². The summed E-state index contributed by atoms with van der Waals surface area (Å²) in [6.45, 7) is 5.87. The Kier molecular flexibility index (Phi) is 15.0. The lowest BCUT2D eigenvalue weighted by Crippen LogP contribution is -2.41. The van der Waals surface area contributed by atoms with E-state index in [1.165, 1.54) is 75.3 Å². The van der Waals surface area contributed by atoms with Gasteiger partial charge in [0.05, 0.1) is 27.1 Å². The number of benzene rings is 2. The van der Waals surface area contributed by atoms with Crippen molar-refractivity contribution >= 4 is 5.97 Å². The third-order valence-electron chi connectivity index (χ3n) is 7.00. The first-order valence-electron chi connectivity index (χ1n) is 14.7. The lowest BCUT2D eigenvalue weighted by atomic mass is 10.0. The minimum Gasteiger partial charge on any atom is -0.455 e. The van der Waals surface area contributed by atoms with Gasteiger partial charge in [-0.3, -0.25) is 4.79 Å². The maximum Gasteiger partial charge on any atom is 0.314 e. The van der Waals surface area contributed by atoms with Gasteiger partial charge in [0.1, 0.15) is 12.3 Å². The SMILES string of the molecule is CCCCCCCCCCCCc1ccccc1OC(CC)OC(=O)CC[N+](C)(C)Cc1ccccc1. The van der Waals surface area contributed by atoms with Crippen LogP contribution in [0, 0.1) is 0 Å². The summed E-state index contributed by atoms with van der Waals surface area (Å²) in [7, 11) is 4.30. The smallest absolute Gasteiger partial charge is 0.314 e. The van der Waals surface area contributed by atoms with Gasteiger partial charge in [-0.2, -0.15) is 0 Å². The highest BCUT2D eigenvalue weighted by Crippen LogP contribution is 2.23. The van der Waals surface area contributed by atoms with Crippen molar-refractivity contribution in [3.8, 4) is 5.75 Å². The van der Waals surface area contributed by atoms with E-state index in [0.717, 1.165) is 29.7 Å². The Morgan fingerprint density at radius 3 is 2.03 bits per heavy atom. The number of unbranched alkanes of at least 4 members (excludes halogenated alkanes) is 9. The van der Waals surface area contributed by atoms with Crippen LogP contribution in [0.5, 0.6) is 5.75 Å². The molecule has 0 fully saturated rings. The van der Waals surface area contributed by atoms with E-state index in [1.807, 2.05) is 25.1 Å². The molecular formula is C33H52NO3+. The van der Waals surface area contributed by atoms with Crippen LogP contribution in [-0.4, -0.2) is 37.4 Å². The molecule has 0 bridgehead atoms. The third kappa shape index (κ3) is 13.7. The van der Waals surface area contributed by atoms with E-state index in [-0.39, 0.29) is 5.97 Å². The Morgan fingerprint density at radius 2 is 1.38 bits per heavy atom. The van der Waals surface area contributed by atoms with E-state index in [2.05, 4.69) is 57.4 Å². The number of ether oxygens (including phenoxy) is 2. The highest BCUT2D eigenvalue weighted by Gasteiger charge is 2.21. The van der Waals surface area contributed by atoms with Gasteiger partial charge in [-0.15, -0.1) is 0 Å². The molecule has 0 heterocycles. The standard InChI is InChI=1S/C33H52NO3/c1-5-7-8-9-10-11-12-13-14-18-23-30-24-19-20-25-31(30)36-33(6-2)37-32(35)26-27-34(3,4)28-29-21-16-15-17-22-29/h15-17,19-22,24-25,33H,5-14,18,23,26-28H2,1-4H3/q+1. The first-order valence-corrected chi connectivity index (χ1v) is 14.7. The van der Waals surface area contributed by atoms with Crippen LogP contribution < -0.4 is 4.74 Å². The fourth-order valence-corrected chi connectivity index (χ4v) is 4.72. The molecule has 4 heteroatoms. The molecular weight excluding hydrogens is 458 g/mol. The molecule has 206 valence electrons. The highest BCUT2D eigenvalue weighted by atomic mass is 16.7. The van der Waals surface area contributed by atoms with Crippen molar-refractivity contribution in [2.24, 2.45) is 0 Å². The van der Waals surface area contributed by atoms with Gasteiger partial charge < -0.3 is 14.0 Å². The number of para-hydroxylation sites is 1. The predicted molar refractivity (Wildman–Crippen MR) is 155 cm³/mol. The first-order chi connectivity index (χ1) is 17.9. The summed E-state index contributed by atoms with van der Waals surface area (Å²) < 4.78 is 12.7. The Balaban J connectivity index is 1.72. The molecule has 37 heavy (non-hydrogen) atoms. The molecule has 0 amide bonds. The molecule has 2 rings (SSSR count). The number of hydrogen-bond acceptors (Lipinski definition) is 3. The van der Waals surface area contributed by atoms with E-state index in [4.69, 9.17) is 9.47 Å². The van der Waals surface area contributed by atoms with Crippen molar-refractivity contribution in [1.29, 1.82) is 0 Å². The Morgan fingerprint density at radius 1 is 0.784 bits per heavy atom. The van der Waals surface area contributed by atoms with Gasteiger partial charge >= 0.3 is 5.97 Å². The molecule has 0 spiro atoms. The van der Waals surface area contributed by atoms with Gasteiger partial charge in [0, 0.05) is 12.0 Å². The molecule has 0 aliphatic rings. The number of esters is 1. The first kappa shape index (κ1) is 30.9. The third-order valence-corrected chi connectivity index (χ3v) is 7.00. The van der Waals surface area contributed by atoms with E-state index >= 15 is 0 Å². The van der Waals surface area contributed by atoms with Crippen LogP contribution in [0.2, 0.25) is 0 Å². The van der Waals surface area contributed by atoms with Gasteiger partial charge in [0.15, 0.2) is 0 Å². The molecule has 1 unspecified atom stereocenters. The number of rotatable bonds is 20. The predicted octanol–water partition coefficient (Wildman–Crippen LogP) is 8.47. The molecule has 0 saturated heterocycles. The van der Waals surface area contributed by atoms with Crippen LogP contribution in [0.4, 0.5) is 0 Å². The van der Waals surface area contributed by atoms with Gasteiger partial charge in [-0.05, 0) is 24.5 Å². The molecule has 0 aromatic heterocycles. The summed E-state index contributed by atoms with van der Waals surface area (Å²) in [4.78, 5) is 12.6.